The van der Waals surface area contributed by atoms with Crippen LogP contribution in [0, 0.1) is 50.7 Å². The molecule has 7 aliphatic rings. The molecule has 56 heavy (non-hydrogen) atoms. The van der Waals surface area contributed by atoms with E-state index in [9.17, 15) is 50.8 Å². The number of ether oxygens (including phenoxy) is 4. The van der Waals surface area contributed by atoms with Crippen molar-refractivity contribution in [3.8, 4) is 0 Å². The lowest BCUT2D eigenvalue weighted by atomic mass is 9.41. The van der Waals surface area contributed by atoms with E-state index in [2.05, 4.69) is 41.2 Å². The average molecular weight is 797 g/mol. The van der Waals surface area contributed by atoms with Crippen molar-refractivity contribution in [1.82, 2.24) is 0 Å². The van der Waals surface area contributed by atoms with E-state index in [1.165, 1.54) is 0 Å². The molecule has 0 amide bonds. The van der Waals surface area contributed by atoms with Crippen molar-refractivity contribution in [2.45, 2.75) is 179 Å². The molecule has 5 aliphatic carbocycles. The second-order valence-corrected chi connectivity index (χ2v) is 20.2. The van der Waals surface area contributed by atoms with Crippen LogP contribution >= 0.6 is 0 Å². The highest BCUT2D eigenvalue weighted by atomic mass is 16.7. The van der Waals surface area contributed by atoms with Crippen molar-refractivity contribution >= 4 is 5.78 Å². The van der Waals surface area contributed by atoms with E-state index >= 15 is 0 Å². The van der Waals surface area contributed by atoms with E-state index in [-0.39, 0.29) is 51.1 Å². The number of carbonyl (C=O) groups is 1. The molecule has 5 saturated carbocycles. The second-order valence-electron chi connectivity index (χ2n) is 20.2. The van der Waals surface area contributed by atoms with Crippen LogP contribution in [-0.2, 0) is 23.7 Å². The molecule has 0 aromatic heterocycles. The van der Waals surface area contributed by atoms with Crippen LogP contribution in [0.3, 0.4) is 0 Å². The molecule has 14 nitrogen and oxygen atoms in total. The number of aliphatic hydroxyl groups is 9. The minimum atomic E-state index is -1.58. The Balaban J connectivity index is 1.17. The Kier molecular flexibility index (Phi) is 11.4. The summed E-state index contributed by atoms with van der Waals surface area (Å²) in [5.41, 5.74) is -0.923. The highest BCUT2D eigenvalue weighted by Crippen LogP contribution is 2.89. The fraction of sp³-hybridized carbons (Fsp3) is 0.929. The molecule has 2 heterocycles. The summed E-state index contributed by atoms with van der Waals surface area (Å²) in [7, 11) is 0. The van der Waals surface area contributed by atoms with E-state index in [0.717, 1.165) is 25.7 Å². The number of allylic oxidation sites excluding steroid dienone is 1. The Labute approximate surface area is 330 Å². The number of carbonyl (C=O) groups excluding carboxylic acids is 1. The third-order valence-corrected chi connectivity index (χ3v) is 17.3. The van der Waals surface area contributed by atoms with Gasteiger partial charge in [0.05, 0.1) is 31.5 Å². The minimum absolute atomic E-state index is 0.00636. The van der Waals surface area contributed by atoms with Gasteiger partial charge < -0.3 is 64.9 Å². The molecule has 320 valence electrons. The first-order valence-electron chi connectivity index (χ1n) is 20.9. The standard InChI is InChI=1S/C42H68O14/c1-19(2)21(45)9-8-20(3)28-23(53-36-33(51)31(49)29(47)24(16-43)54-36)15-40(7)26-14-22(46)35-38(4,5)27(56-37-34(52)32(50)30(48)25(17-44)55-37)10-11-42(35)18-41(26,42)13-12-39(28,40)6/h20,22-37,43-44,46-52H,1,8-18H2,2-7H3/t20-,22+,23+,24?,25?,26+,27+,28+,29?,30?,31?,32?,33?,34?,35?,36?,37?,39-,40+,41+,42-/m1/s1. The molecule has 7 rings (SSSR count). The predicted molar refractivity (Wildman–Crippen MR) is 199 cm³/mol. The maximum Gasteiger partial charge on any atom is 0.186 e. The molecule has 11 unspecified atom stereocenters. The fourth-order valence-electron chi connectivity index (χ4n) is 14.3. The normalized spacial score (nSPS) is 53.9. The Morgan fingerprint density at radius 1 is 0.786 bits per heavy atom. The largest absolute Gasteiger partial charge is 0.394 e. The molecular weight excluding hydrogens is 728 g/mol. The zero-order valence-electron chi connectivity index (χ0n) is 33.9. The molecule has 2 spiro atoms. The van der Waals surface area contributed by atoms with Crippen LogP contribution in [0.2, 0.25) is 0 Å². The quantitative estimate of drug-likeness (QED) is 0.105. The molecule has 0 aromatic carbocycles. The number of hydrogen-bond donors (Lipinski definition) is 9. The zero-order valence-corrected chi connectivity index (χ0v) is 33.9. The second kappa shape index (κ2) is 14.8. The predicted octanol–water partition coefficient (Wildman–Crippen LogP) is 0.938. The van der Waals surface area contributed by atoms with Crippen LogP contribution in [0.5, 0.6) is 0 Å². The Hall–Kier alpha value is -1.11. The van der Waals surface area contributed by atoms with Crippen molar-refractivity contribution in [3.05, 3.63) is 12.2 Å². The molecule has 2 aliphatic heterocycles. The van der Waals surface area contributed by atoms with Gasteiger partial charge in [0, 0.05) is 6.42 Å². The first kappa shape index (κ1) is 43.0. The summed E-state index contributed by atoms with van der Waals surface area (Å²) in [4.78, 5) is 12.8. The topological polar surface area (TPSA) is 236 Å². The van der Waals surface area contributed by atoms with Crippen LogP contribution < -0.4 is 0 Å². The smallest absolute Gasteiger partial charge is 0.186 e. The van der Waals surface area contributed by atoms with Crippen LogP contribution in [-0.4, -0.2) is 145 Å². The van der Waals surface area contributed by atoms with Gasteiger partial charge in [-0.25, -0.2) is 0 Å². The van der Waals surface area contributed by atoms with Crippen molar-refractivity contribution in [3.63, 3.8) is 0 Å². The fourth-order valence-corrected chi connectivity index (χ4v) is 14.3. The number of Topliss-reactive ketones (excluding diaryl/α,β-unsaturated/α-hetero) is 1. The van der Waals surface area contributed by atoms with Gasteiger partial charge in [-0.2, -0.15) is 0 Å². The van der Waals surface area contributed by atoms with Gasteiger partial charge in [0.2, 0.25) is 0 Å². The summed E-state index contributed by atoms with van der Waals surface area (Å²) in [6.45, 7) is 15.4. The van der Waals surface area contributed by atoms with Crippen LogP contribution in [0.15, 0.2) is 12.2 Å². The summed E-state index contributed by atoms with van der Waals surface area (Å²) in [5, 5.41) is 95.9. The summed E-state index contributed by atoms with van der Waals surface area (Å²) < 4.78 is 24.8. The van der Waals surface area contributed by atoms with Gasteiger partial charge in [-0.15, -0.1) is 0 Å². The van der Waals surface area contributed by atoms with E-state index < -0.39 is 98.4 Å². The molecule has 0 radical (unpaired) electrons. The molecule has 2 saturated heterocycles. The maximum atomic E-state index is 12.8. The van der Waals surface area contributed by atoms with Crippen LogP contribution in [0.25, 0.3) is 0 Å². The highest BCUT2D eigenvalue weighted by Gasteiger charge is 2.84. The molecular formula is C42H68O14. The number of rotatable bonds is 11. The molecule has 21 atom stereocenters. The molecule has 14 heteroatoms. The number of ketones is 1. The van der Waals surface area contributed by atoms with Crippen LogP contribution in [0.1, 0.15) is 99.3 Å². The molecule has 9 N–H and O–H groups in total. The van der Waals surface area contributed by atoms with Crippen LogP contribution in [0.4, 0.5) is 0 Å². The maximum absolute atomic E-state index is 12.8. The van der Waals surface area contributed by atoms with Gasteiger partial charge in [0.25, 0.3) is 0 Å². The first-order chi connectivity index (χ1) is 26.2. The van der Waals surface area contributed by atoms with Gasteiger partial charge in [0.1, 0.15) is 48.8 Å². The lowest BCUT2D eigenvalue weighted by Gasteiger charge is -2.64. The SMILES string of the molecule is C=C(C)C(=O)CC[C@@H](C)[C@H]1[C@@H](OC2OC(CO)C(O)C(O)C2O)C[C@@]2(C)[C@@H]3C[C@H](O)C4C(C)(C)[C@@H](OC5OC(CO)C(O)C(O)C5O)CC[C@@]45C[C@@]35CC[C@]12C. The van der Waals surface area contributed by atoms with E-state index in [1.807, 2.05) is 0 Å². The van der Waals surface area contributed by atoms with Gasteiger partial charge >= 0.3 is 0 Å². The van der Waals surface area contributed by atoms with E-state index in [4.69, 9.17) is 18.9 Å². The first-order valence-corrected chi connectivity index (χ1v) is 20.9. The van der Waals surface area contributed by atoms with Crippen molar-refractivity contribution in [2.24, 2.45) is 50.7 Å². The summed E-state index contributed by atoms with van der Waals surface area (Å²) in [6, 6.07) is 0. The Morgan fingerprint density at radius 2 is 1.36 bits per heavy atom. The monoisotopic (exact) mass is 796 g/mol. The Bertz CT molecular complexity index is 1490. The third kappa shape index (κ3) is 6.17. The third-order valence-electron chi connectivity index (χ3n) is 17.3. The minimum Gasteiger partial charge on any atom is -0.394 e. The lowest BCUT2D eigenvalue weighted by Crippen LogP contribution is -2.63. The molecule has 0 bridgehead atoms. The number of fused-ring (bicyclic) bond motifs is 2. The van der Waals surface area contributed by atoms with Gasteiger partial charge in [-0.3, -0.25) is 4.79 Å². The summed E-state index contributed by atoms with van der Waals surface area (Å²) >= 11 is 0. The van der Waals surface area contributed by atoms with Gasteiger partial charge in [0.15, 0.2) is 18.4 Å². The summed E-state index contributed by atoms with van der Waals surface area (Å²) in [5.74, 6) is -0.0785. The molecule has 7 fully saturated rings. The lowest BCUT2D eigenvalue weighted by molar-refractivity contribution is -0.329. The Morgan fingerprint density at radius 3 is 1.91 bits per heavy atom. The van der Waals surface area contributed by atoms with E-state index in [1.54, 1.807) is 6.92 Å². The van der Waals surface area contributed by atoms with Crippen molar-refractivity contribution < 1.29 is 69.7 Å². The van der Waals surface area contributed by atoms with Gasteiger partial charge in [-0.05, 0) is 115 Å². The zero-order chi connectivity index (χ0) is 41.1. The van der Waals surface area contributed by atoms with E-state index in [0.29, 0.717) is 37.7 Å². The van der Waals surface area contributed by atoms with Gasteiger partial charge in [-0.1, -0.05) is 41.2 Å². The average Bonchev–Trinajstić information content (AvgIpc) is 3.73. The number of aliphatic hydroxyl groups excluding tert-OH is 9. The molecule has 0 aromatic rings. The summed E-state index contributed by atoms with van der Waals surface area (Å²) in [6.07, 6.45) is -9.22. The highest BCUT2D eigenvalue weighted by molar-refractivity contribution is 5.94. The van der Waals surface area contributed by atoms with Crippen molar-refractivity contribution in [2.75, 3.05) is 13.2 Å². The number of hydrogen-bond acceptors (Lipinski definition) is 14. The van der Waals surface area contributed by atoms with Crippen molar-refractivity contribution in [1.29, 1.82) is 0 Å².